The van der Waals surface area contributed by atoms with Gasteiger partial charge in [-0.2, -0.15) is 0 Å². The van der Waals surface area contributed by atoms with Gasteiger partial charge in [0.25, 0.3) is 12.1 Å². The number of hydrogen-bond acceptors (Lipinski definition) is 4. The van der Waals surface area contributed by atoms with Crippen LogP contribution in [0, 0.1) is 0 Å². The molecule has 0 fully saturated rings. The van der Waals surface area contributed by atoms with Crippen LogP contribution >= 0.6 is 0 Å². The summed E-state index contributed by atoms with van der Waals surface area (Å²) < 4.78 is 6.57. The molecule has 1 atom stereocenters. The zero-order chi connectivity index (χ0) is 12.3. The van der Waals surface area contributed by atoms with Gasteiger partial charge in [-0.05, 0) is 24.3 Å². The minimum Gasteiger partial charge on any atom is -0.362 e. The molecule has 0 saturated heterocycles. The highest BCUT2D eigenvalue weighted by molar-refractivity contribution is 5.18. The lowest BCUT2D eigenvalue weighted by Crippen LogP contribution is -2.41. The molecule has 1 aromatic carbocycles. The van der Waals surface area contributed by atoms with Crippen molar-refractivity contribution < 1.29 is 9.20 Å². The highest BCUT2D eigenvalue weighted by atomic mass is 16.5. The summed E-state index contributed by atoms with van der Waals surface area (Å²) in [4.78, 5) is 2.15. The molecule has 0 amide bonds. The normalized spacial score (nSPS) is 12.9. The van der Waals surface area contributed by atoms with E-state index in [0.29, 0.717) is 12.4 Å². The second-order valence-corrected chi connectivity index (χ2v) is 4.22. The predicted octanol–water partition coefficient (Wildman–Crippen LogP) is 0.847. The van der Waals surface area contributed by atoms with Gasteiger partial charge in [0, 0.05) is 0 Å². The average molecular weight is 233 g/mol. The molecule has 1 aromatic heterocycles. The molecule has 90 valence electrons. The van der Waals surface area contributed by atoms with Crippen molar-refractivity contribution in [2.75, 3.05) is 19.8 Å². The molecule has 17 heavy (non-hydrogen) atoms. The van der Waals surface area contributed by atoms with Crippen molar-refractivity contribution in [3.05, 3.63) is 42.1 Å². The van der Waals surface area contributed by atoms with E-state index in [1.807, 2.05) is 32.3 Å². The molecule has 0 aliphatic carbocycles. The highest BCUT2D eigenvalue weighted by Gasteiger charge is 2.21. The Morgan fingerprint density at radius 3 is 2.59 bits per heavy atom. The zero-order valence-corrected chi connectivity index (χ0v) is 10.1. The Kier molecular flexibility index (Phi) is 3.39. The molecule has 0 aliphatic heterocycles. The van der Waals surface area contributed by atoms with Crippen LogP contribution in [0.1, 0.15) is 11.6 Å². The van der Waals surface area contributed by atoms with E-state index < -0.39 is 0 Å². The number of anilines is 1. The Morgan fingerprint density at radius 1 is 1.35 bits per heavy atom. The maximum absolute atomic E-state index is 5.51. The fourth-order valence-electron chi connectivity index (χ4n) is 1.80. The summed E-state index contributed by atoms with van der Waals surface area (Å²) in [5.74, 6) is 0.329. The molecule has 1 heterocycles. The summed E-state index contributed by atoms with van der Waals surface area (Å²) in [6.45, 7) is 0.706. The Balaban J connectivity index is 2.19. The van der Waals surface area contributed by atoms with E-state index in [1.165, 1.54) is 5.56 Å². The molecule has 0 aliphatic rings. The second kappa shape index (κ2) is 4.97. The largest absolute Gasteiger partial charge is 0.362 e. The first-order valence-corrected chi connectivity index (χ1v) is 5.50. The molecule has 5 heteroatoms. The number of nitrogens with two attached hydrogens (primary N) is 1. The molecule has 2 aromatic rings. The van der Waals surface area contributed by atoms with Crippen molar-refractivity contribution in [2.24, 2.45) is 0 Å². The number of likely N-dealkylation sites (N-methyl/N-ethyl adjacent to an activating group) is 1. The maximum atomic E-state index is 5.51. The molecule has 0 radical (unpaired) electrons. The van der Waals surface area contributed by atoms with Crippen LogP contribution in [0.3, 0.4) is 0 Å². The molecule has 0 bridgehead atoms. The lowest BCUT2D eigenvalue weighted by molar-refractivity contribution is -0.766. The summed E-state index contributed by atoms with van der Waals surface area (Å²) in [7, 11) is 4.09. The van der Waals surface area contributed by atoms with Gasteiger partial charge >= 0.3 is 0 Å². The van der Waals surface area contributed by atoms with Crippen molar-refractivity contribution in [2.45, 2.75) is 12.6 Å². The SMILES string of the molecule is CN(C)C(C[n+]1cc(N)on1)c1ccccc1. The Hall–Kier alpha value is -1.88. The third-order valence-electron chi connectivity index (χ3n) is 2.70. The van der Waals surface area contributed by atoms with E-state index in [9.17, 15) is 0 Å². The number of nitrogens with zero attached hydrogens (tertiary/aromatic N) is 3. The first kappa shape index (κ1) is 11.6. The monoisotopic (exact) mass is 233 g/mol. The second-order valence-electron chi connectivity index (χ2n) is 4.22. The summed E-state index contributed by atoms with van der Waals surface area (Å²) >= 11 is 0. The van der Waals surface area contributed by atoms with Crippen molar-refractivity contribution in [3.63, 3.8) is 0 Å². The van der Waals surface area contributed by atoms with E-state index in [1.54, 1.807) is 10.9 Å². The average Bonchev–Trinajstić information content (AvgIpc) is 2.73. The van der Waals surface area contributed by atoms with Gasteiger partial charge in [-0.15, -0.1) is 0 Å². The Bertz CT molecular complexity index is 466. The first-order valence-electron chi connectivity index (χ1n) is 5.50. The van der Waals surface area contributed by atoms with Crippen LogP contribution in [0.5, 0.6) is 0 Å². The first-order chi connectivity index (χ1) is 8.16. The maximum Gasteiger partial charge on any atom is 0.293 e. The third-order valence-corrected chi connectivity index (χ3v) is 2.70. The topological polar surface area (TPSA) is 59.2 Å². The van der Waals surface area contributed by atoms with Gasteiger partial charge in [0.1, 0.15) is 0 Å². The van der Waals surface area contributed by atoms with Crippen LogP contribution in [0.15, 0.2) is 41.1 Å². The lowest BCUT2D eigenvalue weighted by atomic mass is 10.1. The van der Waals surface area contributed by atoms with Crippen LogP contribution in [0.4, 0.5) is 5.88 Å². The van der Waals surface area contributed by atoms with Gasteiger partial charge < -0.3 is 5.73 Å². The fraction of sp³-hybridized carbons (Fsp3) is 0.333. The van der Waals surface area contributed by atoms with Gasteiger partial charge in [-0.25, -0.2) is 0 Å². The van der Waals surface area contributed by atoms with E-state index in [4.69, 9.17) is 10.3 Å². The van der Waals surface area contributed by atoms with Crippen molar-refractivity contribution in [1.29, 1.82) is 0 Å². The minimum absolute atomic E-state index is 0.241. The Morgan fingerprint density at radius 2 is 2.06 bits per heavy atom. The smallest absolute Gasteiger partial charge is 0.293 e. The van der Waals surface area contributed by atoms with Crippen LogP contribution in [0.25, 0.3) is 0 Å². The predicted molar refractivity (Wildman–Crippen MR) is 64.0 cm³/mol. The van der Waals surface area contributed by atoms with E-state index >= 15 is 0 Å². The van der Waals surface area contributed by atoms with Gasteiger partial charge in [-0.1, -0.05) is 30.3 Å². The summed E-state index contributed by atoms with van der Waals surface area (Å²) in [5, 5.41) is 3.85. The van der Waals surface area contributed by atoms with Crippen molar-refractivity contribution >= 4 is 5.88 Å². The van der Waals surface area contributed by atoms with E-state index in [2.05, 4.69) is 22.3 Å². The lowest BCUT2D eigenvalue weighted by Gasteiger charge is -2.20. The van der Waals surface area contributed by atoms with Crippen LogP contribution < -0.4 is 10.4 Å². The highest BCUT2D eigenvalue weighted by Crippen LogP contribution is 2.17. The quantitative estimate of drug-likeness (QED) is 0.795. The molecular weight excluding hydrogens is 216 g/mol. The van der Waals surface area contributed by atoms with Gasteiger partial charge in [-0.3, -0.25) is 9.42 Å². The van der Waals surface area contributed by atoms with E-state index in [-0.39, 0.29) is 6.04 Å². The number of hydrogen-bond donors (Lipinski definition) is 1. The van der Waals surface area contributed by atoms with Crippen LogP contribution in [-0.4, -0.2) is 24.3 Å². The van der Waals surface area contributed by atoms with Gasteiger partial charge in [0.05, 0.1) is 6.04 Å². The fourth-order valence-corrected chi connectivity index (χ4v) is 1.80. The van der Waals surface area contributed by atoms with Crippen LogP contribution in [-0.2, 0) is 6.54 Å². The molecule has 2 rings (SSSR count). The van der Waals surface area contributed by atoms with Crippen molar-refractivity contribution in [3.8, 4) is 0 Å². The van der Waals surface area contributed by atoms with Gasteiger partial charge in [0.2, 0.25) is 5.27 Å². The molecule has 0 spiro atoms. The number of benzene rings is 1. The zero-order valence-electron chi connectivity index (χ0n) is 10.1. The number of aromatic nitrogens is 2. The standard InChI is InChI=1S/C12H17N4O/c1-15(2)11(10-6-4-3-5-7-10)8-16-9-12(13)17-14-16/h3-7,9,11H,8,13H2,1-2H3/q+1. The molecule has 0 saturated carbocycles. The van der Waals surface area contributed by atoms with Crippen molar-refractivity contribution in [1.82, 2.24) is 10.2 Å². The number of rotatable bonds is 4. The van der Waals surface area contributed by atoms with E-state index in [0.717, 1.165) is 0 Å². The summed E-state index contributed by atoms with van der Waals surface area (Å²) in [6.07, 6.45) is 1.69. The molecular formula is C12H17N4O+. The third kappa shape index (κ3) is 2.82. The summed E-state index contributed by atoms with van der Waals surface area (Å²) in [5.41, 5.74) is 6.75. The minimum atomic E-state index is 0.241. The van der Waals surface area contributed by atoms with Crippen LogP contribution in [0.2, 0.25) is 0 Å². The molecule has 5 nitrogen and oxygen atoms in total. The Labute approximate surface area is 100 Å². The number of nitrogen functional groups attached to an aromatic ring is 1. The van der Waals surface area contributed by atoms with Gasteiger partial charge in [0.15, 0.2) is 6.54 Å². The molecule has 1 unspecified atom stereocenters. The molecule has 2 N–H and O–H groups in total. The summed E-state index contributed by atoms with van der Waals surface area (Å²) in [6, 6.07) is 10.5.